The van der Waals surface area contributed by atoms with Crippen LogP contribution in [0.5, 0.6) is 0 Å². The Morgan fingerprint density at radius 3 is 2.53 bits per heavy atom. The number of nitrogens with one attached hydrogen (secondary N) is 1. The van der Waals surface area contributed by atoms with E-state index in [1.165, 1.54) is 11.1 Å². The number of hydrogen-bond donors (Lipinski definition) is 1. The number of rotatable bonds is 2. The maximum absolute atomic E-state index is 12.1. The molecule has 0 bridgehead atoms. The van der Waals surface area contributed by atoms with E-state index in [1.807, 2.05) is 12.1 Å². The highest BCUT2D eigenvalue weighted by atomic mass is 79.9. The van der Waals surface area contributed by atoms with Crippen LogP contribution in [0.3, 0.4) is 0 Å². The molecule has 0 spiro atoms. The summed E-state index contributed by atoms with van der Waals surface area (Å²) in [6.07, 6.45) is 3.45. The minimum absolute atomic E-state index is 0.0408. The van der Waals surface area contributed by atoms with E-state index in [-0.39, 0.29) is 11.9 Å². The smallest absolute Gasteiger partial charge is 0.251 e. The van der Waals surface area contributed by atoms with Gasteiger partial charge in [-0.05, 0) is 52.0 Å². The molecule has 19 heavy (non-hydrogen) atoms. The molecule has 1 amide bonds. The zero-order chi connectivity index (χ0) is 13.2. The SMILES string of the molecule is O=C(NC1Cc2ccccc2C1)c1ccnc(Br)c1. The predicted molar refractivity (Wildman–Crippen MR) is 77.0 cm³/mol. The fourth-order valence-electron chi connectivity index (χ4n) is 2.47. The number of carbonyl (C=O) groups is 1. The molecule has 0 unspecified atom stereocenters. The molecule has 0 aliphatic heterocycles. The molecule has 0 fully saturated rings. The Labute approximate surface area is 120 Å². The van der Waals surface area contributed by atoms with Gasteiger partial charge in [-0.15, -0.1) is 0 Å². The van der Waals surface area contributed by atoms with Crippen LogP contribution in [0, 0.1) is 0 Å². The minimum atomic E-state index is -0.0408. The lowest BCUT2D eigenvalue weighted by Crippen LogP contribution is -2.35. The van der Waals surface area contributed by atoms with Crippen molar-refractivity contribution < 1.29 is 4.79 Å². The van der Waals surface area contributed by atoms with Crippen LogP contribution < -0.4 is 5.32 Å². The molecule has 1 aromatic carbocycles. The molecule has 0 atom stereocenters. The van der Waals surface area contributed by atoms with Crippen LogP contribution in [0.25, 0.3) is 0 Å². The molecule has 0 radical (unpaired) electrons. The highest BCUT2D eigenvalue weighted by Gasteiger charge is 2.22. The van der Waals surface area contributed by atoms with Gasteiger partial charge in [0.15, 0.2) is 0 Å². The topological polar surface area (TPSA) is 42.0 Å². The van der Waals surface area contributed by atoms with E-state index < -0.39 is 0 Å². The van der Waals surface area contributed by atoms with E-state index in [4.69, 9.17) is 0 Å². The van der Waals surface area contributed by atoms with E-state index in [9.17, 15) is 4.79 Å². The number of hydrogen-bond acceptors (Lipinski definition) is 2. The Morgan fingerprint density at radius 2 is 1.89 bits per heavy atom. The largest absolute Gasteiger partial charge is 0.349 e. The van der Waals surface area contributed by atoms with Gasteiger partial charge >= 0.3 is 0 Å². The second kappa shape index (κ2) is 5.13. The van der Waals surface area contributed by atoms with Gasteiger partial charge in [0.2, 0.25) is 0 Å². The molecule has 0 saturated heterocycles. The number of benzene rings is 1. The summed E-state index contributed by atoms with van der Waals surface area (Å²) < 4.78 is 0.676. The zero-order valence-electron chi connectivity index (χ0n) is 10.3. The molecule has 4 heteroatoms. The Bertz CT molecular complexity index is 602. The molecular weight excluding hydrogens is 304 g/mol. The van der Waals surface area contributed by atoms with Gasteiger partial charge in [-0.1, -0.05) is 24.3 Å². The van der Waals surface area contributed by atoms with E-state index >= 15 is 0 Å². The number of halogens is 1. The lowest BCUT2D eigenvalue weighted by molar-refractivity contribution is 0.0938. The van der Waals surface area contributed by atoms with Crippen LogP contribution in [0.2, 0.25) is 0 Å². The predicted octanol–water partition coefficient (Wildman–Crippen LogP) is 2.74. The summed E-state index contributed by atoms with van der Waals surface area (Å²) in [6, 6.07) is 12.0. The van der Waals surface area contributed by atoms with Crippen LogP contribution >= 0.6 is 15.9 Å². The highest BCUT2D eigenvalue weighted by molar-refractivity contribution is 9.10. The van der Waals surface area contributed by atoms with Gasteiger partial charge in [0.05, 0.1) is 0 Å². The van der Waals surface area contributed by atoms with E-state index in [2.05, 4.69) is 38.4 Å². The van der Waals surface area contributed by atoms with E-state index in [0.717, 1.165) is 12.8 Å². The van der Waals surface area contributed by atoms with Crippen molar-refractivity contribution in [2.45, 2.75) is 18.9 Å². The maximum atomic E-state index is 12.1. The number of fused-ring (bicyclic) bond motifs is 1. The number of amides is 1. The Balaban J connectivity index is 1.69. The molecule has 3 rings (SSSR count). The average Bonchev–Trinajstić information content (AvgIpc) is 2.80. The van der Waals surface area contributed by atoms with Gasteiger partial charge in [0, 0.05) is 17.8 Å². The molecule has 1 aliphatic rings. The van der Waals surface area contributed by atoms with Crippen molar-refractivity contribution in [2.24, 2.45) is 0 Å². The van der Waals surface area contributed by atoms with Crippen molar-refractivity contribution in [1.29, 1.82) is 0 Å². The molecule has 96 valence electrons. The first kappa shape index (κ1) is 12.4. The van der Waals surface area contributed by atoms with Gasteiger partial charge in [0.25, 0.3) is 5.91 Å². The second-order valence-electron chi connectivity index (χ2n) is 4.71. The molecule has 2 aromatic rings. The third-order valence-corrected chi connectivity index (χ3v) is 3.81. The summed E-state index contributed by atoms with van der Waals surface area (Å²) in [7, 11) is 0. The summed E-state index contributed by atoms with van der Waals surface area (Å²) in [4.78, 5) is 16.2. The summed E-state index contributed by atoms with van der Waals surface area (Å²) in [5, 5.41) is 3.08. The van der Waals surface area contributed by atoms with Crippen molar-refractivity contribution in [3.05, 3.63) is 63.9 Å². The van der Waals surface area contributed by atoms with Crippen LogP contribution in [-0.4, -0.2) is 16.9 Å². The molecule has 3 nitrogen and oxygen atoms in total. The van der Waals surface area contributed by atoms with Gasteiger partial charge in [-0.2, -0.15) is 0 Å². The molecule has 1 heterocycles. The van der Waals surface area contributed by atoms with Crippen LogP contribution in [0.1, 0.15) is 21.5 Å². The molecule has 0 saturated carbocycles. The van der Waals surface area contributed by atoms with E-state index in [1.54, 1.807) is 18.3 Å². The van der Waals surface area contributed by atoms with Gasteiger partial charge in [-0.3, -0.25) is 4.79 Å². The van der Waals surface area contributed by atoms with Crippen molar-refractivity contribution >= 4 is 21.8 Å². The van der Waals surface area contributed by atoms with Gasteiger partial charge in [0.1, 0.15) is 4.60 Å². The Kier molecular flexibility index (Phi) is 3.34. The van der Waals surface area contributed by atoms with E-state index in [0.29, 0.717) is 10.2 Å². The summed E-state index contributed by atoms with van der Waals surface area (Å²) >= 11 is 3.28. The maximum Gasteiger partial charge on any atom is 0.251 e. The molecule has 1 N–H and O–H groups in total. The van der Waals surface area contributed by atoms with Gasteiger partial charge < -0.3 is 5.32 Å². The summed E-state index contributed by atoms with van der Waals surface area (Å²) in [5.74, 6) is -0.0408. The Morgan fingerprint density at radius 1 is 1.21 bits per heavy atom. The molecular formula is C15H13BrN2O. The zero-order valence-corrected chi connectivity index (χ0v) is 11.9. The standard InChI is InChI=1S/C15H13BrN2O/c16-14-9-12(5-6-17-14)15(19)18-13-7-10-3-1-2-4-11(10)8-13/h1-6,9,13H,7-8H2,(H,18,19). The first-order valence-corrected chi connectivity index (χ1v) is 7.01. The second-order valence-corrected chi connectivity index (χ2v) is 5.53. The highest BCUT2D eigenvalue weighted by Crippen LogP contribution is 2.22. The number of carbonyl (C=O) groups excluding carboxylic acids is 1. The normalized spacial score (nSPS) is 14.2. The molecule has 1 aliphatic carbocycles. The fraction of sp³-hybridized carbons (Fsp3) is 0.200. The third kappa shape index (κ3) is 2.68. The quantitative estimate of drug-likeness (QED) is 0.866. The minimum Gasteiger partial charge on any atom is -0.349 e. The molecule has 1 aromatic heterocycles. The third-order valence-electron chi connectivity index (χ3n) is 3.37. The van der Waals surface area contributed by atoms with Crippen molar-refractivity contribution in [3.8, 4) is 0 Å². The van der Waals surface area contributed by atoms with Gasteiger partial charge in [-0.25, -0.2) is 4.98 Å². The average molecular weight is 317 g/mol. The lowest BCUT2D eigenvalue weighted by atomic mass is 10.1. The van der Waals surface area contributed by atoms with Crippen molar-refractivity contribution in [3.63, 3.8) is 0 Å². The first-order chi connectivity index (χ1) is 9.22. The monoisotopic (exact) mass is 316 g/mol. The Hall–Kier alpha value is -1.68. The summed E-state index contributed by atoms with van der Waals surface area (Å²) in [6.45, 7) is 0. The lowest BCUT2D eigenvalue weighted by Gasteiger charge is -2.12. The van der Waals surface area contributed by atoms with Crippen LogP contribution in [-0.2, 0) is 12.8 Å². The van der Waals surface area contributed by atoms with Crippen molar-refractivity contribution in [1.82, 2.24) is 10.3 Å². The fourth-order valence-corrected chi connectivity index (χ4v) is 2.84. The van der Waals surface area contributed by atoms with Crippen LogP contribution in [0.4, 0.5) is 0 Å². The number of pyridine rings is 1. The summed E-state index contributed by atoms with van der Waals surface area (Å²) in [5.41, 5.74) is 3.31. The number of aromatic nitrogens is 1. The van der Waals surface area contributed by atoms with Crippen molar-refractivity contribution in [2.75, 3.05) is 0 Å². The first-order valence-electron chi connectivity index (χ1n) is 6.21. The van der Waals surface area contributed by atoms with Crippen LogP contribution in [0.15, 0.2) is 47.2 Å². The number of nitrogens with zero attached hydrogens (tertiary/aromatic N) is 1.